The van der Waals surface area contributed by atoms with Gasteiger partial charge in [-0.25, -0.2) is 9.18 Å². The van der Waals surface area contributed by atoms with E-state index in [1.54, 1.807) is 6.92 Å². The van der Waals surface area contributed by atoms with Crippen molar-refractivity contribution in [1.29, 1.82) is 0 Å². The standard InChI is InChI=1S/C18H20FN3O3/c1-12(21-15-9-8-14(19)10-16(15)25-2)17(23)22-18(24)20-11-13-6-4-3-5-7-13/h3-10,12,21H,11H2,1-2H3,(H2,20,22,23,24). The van der Waals surface area contributed by atoms with Crippen molar-refractivity contribution in [2.24, 2.45) is 0 Å². The van der Waals surface area contributed by atoms with Gasteiger partial charge in [0.15, 0.2) is 0 Å². The van der Waals surface area contributed by atoms with Crippen molar-refractivity contribution < 1.29 is 18.7 Å². The fourth-order valence-corrected chi connectivity index (χ4v) is 2.13. The molecule has 0 aliphatic heterocycles. The summed E-state index contributed by atoms with van der Waals surface area (Å²) in [5, 5.41) is 7.74. The minimum absolute atomic E-state index is 0.271. The second-order valence-electron chi connectivity index (χ2n) is 5.37. The highest BCUT2D eigenvalue weighted by molar-refractivity contribution is 5.98. The number of carbonyl (C=O) groups is 2. The summed E-state index contributed by atoms with van der Waals surface area (Å²) in [7, 11) is 1.40. The molecular formula is C18H20FN3O3. The molecule has 7 heteroatoms. The third-order valence-electron chi connectivity index (χ3n) is 3.46. The fourth-order valence-electron chi connectivity index (χ4n) is 2.13. The summed E-state index contributed by atoms with van der Waals surface area (Å²) in [4.78, 5) is 23.9. The molecule has 2 rings (SSSR count). The van der Waals surface area contributed by atoms with Crippen molar-refractivity contribution in [3.05, 3.63) is 59.9 Å². The minimum Gasteiger partial charge on any atom is -0.494 e. The summed E-state index contributed by atoms with van der Waals surface area (Å²) >= 11 is 0. The molecule has 3 amide bonds. The molecular weight excluding hydrogens is 325 g/mol. The van der Waals surface area contributed by atoms with Crippen LogP contribution in [0.25, 0.3) is 0 Å². The first-order valence-electron chi connectivity index (χ1n) is 7.72. The van der Waals surface area contributed by atoms with Gasteiger partial charge >= 0.3 is 6.03 Å². The van der Waals surface area contributed by atoms with Gasteiger partial charge in [0.1, 0.15) is 17.6 Å². The van der Waals surface area contributed by atoms with E-state index in [0.29, 0.717) is 12.2 Å². The Kier molecular flexibility index (Phi) is 6.33. The Morgan fingerprint density at radius 1 is 1.16 bits per heavy atom. The summed E-state index contributed by atoms with van der Waals surface area (Å²) in [5.41, 5.74) is 1.38. The molecule has 1 atom stereocenters. The van der Waals surface area contributed by atoms with E-state index < -0.39 is 23.8 Å². The van der Waals surface area contributed by atoms with Gasteiger partial charge in [-0.1, -0.05) is 30.3 Å². The minimum atomic E-state index is -0.721. The molecule has 0 heterocycles. The van der Waals surface area contributed by atoms with E-state index in [-0.39, 0.29) is 5.75 Å². The predicted molar refractivity (Wildman–Crippen MR) is 92.9 cm³/mol. The van der Waals surface area contributed by atoms with Gasteiger partial charge in [-0.15, -0.1) is 0 Å². The van der Waals surface area contributed by atoms with Gasteiger partial charge < -0.3 is 15.4 Å². The van der Waals surface area contributed by atoms with E-state index >= 15 is 0 Å². The molecule has 0 saturated carbocycles. The molecule has 0 aromatic heterocycles. The number of urea groups is 1. The van der Waals surface area contributed by atoms with Crippen LogP contribution in [0.2, 0.25) is 0 Å². The molecule has 132 valence electrons. The monoisotopic (exact) mass is 345 g/mol. The fraction of sp³-hybridized carbons (Fsp3) is 0.222. The van der Waals surface area contributed by atoms with Crippen LogP contribution in [0.5, 0.6) is 5.75 Å². The van der Waals surface area contributed by atoms with Crippen LogP contribution < -0.4 is 20.7 Å². The van der Waals surface area contributed by atoms with Crippen LogP contribution in [0.3, 0.4) is 0 Å². The number of amides is 3. The lowest BCUT2D eigenvalue weighted by molar-refractivity contribution is -0.120. The molecule has 0 aliphatic rings. The maximum absolute atomic E-state index is 13.2. The van der Waals surface area contributed by atoms with Crippen molar-refractivity contribution in [2.75, 3.05) is 12.4 Å². The zero-order valence-electron chi connectivity index (χ0n) is 14.0. The van der Waals surface area contributed by atoms with E-state index in [9.17, 15) is 14.0 Å². The van der Waals surface area contributed by atoms with Gasteiger partial charge in [0.05, 0.1) is 12.8 Å². The largest absolute Gasteiger partial charge is 0.494 e. The molecule has 3 N–H and O–H groups in total. The second kappa shape index (κ2) is 8.68. The van der Waals surface area contributed by atoms with Crippen LogP contribution in [-0.2, 0) is 11.3 Å². The van der Waals surface area contributed by atoms with E-state index in [1.807, 2.05) is 30.3 Å². The number of carbonyl (C=O) groups excluding carboxylic acids is 2. The number of methoxy groups -OCH3 is 1. The number of nitrogens with one attached hydrogen (secondary N) is 3. The molecule has 2 aromatic carbocycles. The molecule has 0 bridgehead atoms. The molecule has 0 saturated heterocycles. The molecule has 0 aliphatic carbocycles. The van der Waals surface area contributed by atoms with Gasteiger partial charge in [-0.2, -0.15) is 0 Å². The molecule has 0 fully saturated rings. The maximum Gasteiger partial charge on any atom is 0.321 e. The Hall–Kier alpha value is -3.09. The highest BCUT2D eigenvalue weighted by atomic mass is 19.1. The van der Waals surface area contributed by atoms with Gasteiger partial charge in [0, 0.05) is 12.6 Å². The van der Waals surface area contributed by atoms with Crippen molar-refractivity contribution in [3.63, 3.8) is 0 Å². The Morgan fingerprint density at radius 3 is 2.56 bits per heavy atom. The van der Waals surface area contributed by atoms with Crippen molar-refractivity contribution in [1.82, 2.24) is 10.6 Å². The molecule has 2 aromatic rings. The zero-order chi connectivity index (χ0) is 18.2. The van der Waals surface area contributed by atoms with Crippen LogP contribution in [-0.4, -0.2) is 25.1 Å². The Balaban J connectivity index is 1.86. The van der Waals surface area contributed by atoms with Crippen LogP contribution in [0, 0.1) is 5.82 Å². The number of ether oxygens (including phenoxy) is 1. The number of hydrogen-bond donors (Lipinski definition) is 3. The summed E-state index contributed by atoms with van der Waals surface area (Å²) in [6.07, 6.45) is 0. The average molecular weight is 345 g/mol. The lowest BCUT2D eigenvalue weighted by Gasteiger charge is -2.17. The smallest absolute Gasteiger partial charge is 0.321 e. The number of rotatable bonds is 6. The summed E-state index contributed by atoms with van der Waals surface area (Å²) in [6, 6.07) is 12.0. The average Bonchev–Trinajstić information content (AvgIpc) is 2.62. The third-order valence-corrected chi connectivity index (χ3v) is 3.46. The first-order valence-corrected chi connectivity index (χ1v) is 7.72. The first-order chi connectivity index (χ1) is 12.0. The van der Waals surface area contributed by atoms with Crippen molar-refractivity contribution in [2.45, 2.75) is 19.5 Å². The van der Waals surface area contributed by atoms with E-state index in [4.69, 9.17) is 4.74 Å². The molecule has 0 radical (unpaired) electrons. The SMILES string of the molecule is COc1cc(F)ccc1NC(C)C(=O)NC(=O)NCc1ccccc1. The molecule has 25 heavy (non-hydrogen) atoms. The molecule has 1 unspecified atom stereocenters. The lowest BCUT2D eigenvalue weighted by atomic mass is 10.2. The van der Waals surface area contributed by atoms with Gasteiger partial charge in [0.2, 0.25) is 5.91 Å². The zero-order valence-corrected chi connectivity index (χ0v) is 14.0. The Labute approximate surface area is 145 Å². The van der Waals surface area contributed by atoms with Gasteiger partial charge in [-0.05, 0) is 24.6 Å². The van der Waals surface area contributed by atoms with Gasteiger partial charge in [-0.3, -0.25) is 10.1 Å². The van der Waals surface area contributed by atoms with Crippen molar-refractivity contribution in [3.8, 4) is 5.75 Å². The van der Waals surface area contributed by atoms with Crippen LogP contribution in [0.15, 0.2) is 48.5 Å². The molecule has 0 spiro atoms. The Morgan fingerprint density at radius 2 is 1.88 bits per heavy atom. The van der Waals surface area contributed by atoms with Crippen molar-refractivity contribution >= 4 is 17.6 Å². The number of imide groups is 1. The summed E-state index contributed by atoms with van der Waals surface area (Å²) in [6.45, 7) is 1.90. The quantitative estimate of drug-likeness (QED) is 0.752. The van der Waals surface area contributed by atoms with E-state index in [2.05, 4.69) is 16.0 Å². The van der Waals surface area contributed by atoms with E-state index in [1.165, 1.54) is 25.3 Å². The first kappa shape index (κ1) is 18.3. The normalized spacial score (nSPS) is 11.3. The maximum atomic E-state index is 13.2. The lowest BCUT2D eigenvalue weighted by Crippen LogP contribution is -2.45. The third kappa shape index (κ3) is 5.49. The predicted octanol–water partition coefficient (Wildman–Crippen LogP) is 2.66. The number of halogens is 1. The number of benzene rings is 2. The van der Waals surface area contributed by atoms with E-state index in [0.717, 1.165) is 5.56 Å². The topological polar surface area (TPSA) is 79.5 Å². The highest BCUT2D eigenvalue weighted by Gasteiger charge is 2.17. The number of anilines is 1. The Bertz CT molecular complexity index is 738. The molecule has 6 nitrogen and oxygen atoms in total. The summed E-state index contributed by atoms with van der Waals surface area (Å²) < 4.78 is 18.2. The van der Waals surface area contributed by atoms with Crippen LogP contribution in [0.4, 0.5) is 14.9 Å². The van der Waals surface area contributed by atoms with Crippen LogP contribution in [0.1, 0.15) is 12.5 Å². The highest BCUT2D eigenvalue weighted by Crippen LogP contribution is 2.25. The second-order valence-corrected chi connectivity index (χ2v) is 5.37. The van der Waals surface area contributed by atoms with Crippen LogP contribution >= 0.6 is 0 Å². The van der Waals surface area contributed by atoms with Gasteiger partial charge in [0.25, 0.3) is 0 Å². The summed E-state index contributed by atoms with van der Waals surface area (Å²) in [5.74, 6) is -0.690. The number of hydrogen-bond acceptors (Lipinski definition) is 4.